The van der Waals surface area contributed by atoms with Crippen LogP contribution in [0.2, 0.25) is 0 Å². The highest BCUT2D eigenvalue weighted by Crippen LogP contribution is 2.31. The largest absolute Gasteiger partial charge is 0.490 e. The second-order valence-electron chi connectivity index (χ2n) is 18.5. The number of pyridine rings is 1. The van der Waals surface area contributed by atoms with Gasteiger partial charge in [-0.15, -0.1) is 16.4 Å². The number of β-lactam (4-membered cyclic amide) rings is 1. The summed E-state index contributed by atoms with van der Waals surface area (Å²) >= 11 is 0.890. The molecule has 0 saturated carbocycles. The van der Waals surface area contributed by atoms with Crippen LogP contribution in [-0.2, 0) is 52.5 Å². The van der Waals surface area contributed by atoms with Crippen molar-refractivity contribution in [3.05, 3.63) is 51.3 Å². The molecule has 27 heteroatoms. The van der Waals surface area contributed by atoms with E-state index >= 15 is 0 Å². The molecule has 1 aliphatic rings. The van der Waals surface area contributed by atoms with Crippen LogP contribution in [-0.4, -0.2) is 125 Å². The number of unbranched alkanes of at least 4 members (excludes halogenated alkanes) is 2. The van der Waals surface area contributed by atoms with E-state index in [1.807, 2.05) is 13.8 Å². The number of likely N-dealkylation sites (tertiary alicyclic amines) is 1. The number of aryl methyl sites for hydroxylation is 2. The van der Waals surface area contributed by atoms with Crippen molar-refractivity contribution in [2.24, 2.45) is 12.2 Å². The summed E-state index contributed by atoms with van der Waals surface area (Å²) in [6, 6.07) is 0.287. The minimum Gasteiger partial charge on any atom is -0.490 e. The van der Waals surface area contributed by atoms with Gasteiger partial charge in [-0.2, -0.15) is 13.5 Å². The van der Waals surface area contributed by atoms with Crippen molar-refractivity contribution >= 4 is 62.3 Å². The van der Waals surface area contributed by atoms with Gasteiger partial charge in [0.2, 0.25) is 5.60 Å². The molecule has 0 aromatic carbocycles. The van der Waals surface area contributed by atoms with Crippen LogP contribution in [0.25, 0.3) is 11.5 Å². The number of amides is 5. The number of hydrogen-bond acceptors (Lipinski definition) is 19. The molecular formula is C43H60N12O13S2. The lowest BCUT2D eigenvalue weighted by atomic mass is 10.1. The first-order valence-corrected chi connectivity index (χ1v) is 24.5. The predicted molar refractivity (Wildman–Crippen MR) is 254 cm³/mol. The van der Waals surface area contributed by atoms with Gasteiger partial charge in [0.15, 0.2) is 28.2 Å². The Morgan fingerprint density at radius 1 is 0.914 bits per heavy atom. The van der Waals surface area contributed by atoms with Gasteiger partial charge in [0.05, 0.1) is 38.2 Å². The summed E-state index contributed by atoms with van der Waals surface area (Å²) in [5.74, 6) is -2.55. The lowest BCUT2D eigenvalue weighted by Crippen LogP contribution is -2.68. The van der Waals surface area contributed by atoms with E-state index in [0.717, 1.165) is 47.3 Å². The lowest BCUT2D eigenvalue weighted by molar-refractivity contribution is -0.179. The fourth-order valence-electron chi connectivity index (χ4n) is 5.95. The van der Waals surface area contributed by atoms with E-state index in [1.165, 1.54) is 31.5 Å². The van der Waals surface area contributed by atoms with Crippen LogP contribution in [0.5, 0.6) is 11.5 Å². The Hall–Kier alpha value is -6.90. The first kappa shape index (κ1) is 54.0. The van der Waals surface area contributed by atoms with Crippen LogP contribution >= 0.6 is 11.3 Å². The highest BCUT2D eigenvalue weighted by atomic mass is 32.2. The Bertz CT molecular complexity index is 2780. The van der Waals surface area contributed by atoms with Gasteiger partial charge in [-0.25, -0.2) is 33.9 Å². The SMILES string of the molecule is CCCCOc1cnc(-c2nn(S(=O)(=O)NC(=O)N3C[C@H](NC(=O)/C(=N\OC(C)(C)C(=O)OC(C)(C)C)c4csc(NC(=O)OC(C)(C)C)n4)C3=O)c(=O)n2Cc2cc(C)n(C)n2)cc1OCCCC. The van der Waals surface area contributed by atoms with Crippen molar-refractivity contribution in [3.8, 4) is 23.0 Å². The van der Waals surface area contributed by atoms with Gasteiger partial charge in [0.1, 0.15) is 28.6 Å². The molecule has 5 heterocycles. The van der Waals surface area contributed by atoms with Crippen molar-refractivity contribution in [2.75, 3.05) is 25.1 Å². The van der Waals surface area contributed by atoms with Crippen molar-refractivity contribution < 1.29 is 56.2 Å². The minimum atomic E-state index is -5.17. The van der Waals surface area contributed by atoms with Crippen molar-refractivity contribution in [1.29, 1.82) is 0 Å². The lowest BCUT2D eigenvalue weighted by Gasteiger charge is -2.36. The van der Waals surface area contributed by atoms with Gasteiger partial charge in [-0.1, -0.05) is 35.9 Å². The zero-order chi connectivity index (χ0) is 51.9. The van der Waals surface area contributed by atoms with Crippen molar-refractivity contribution in [2.45, 2.75) is 131 Å². The molecule has 0 unspecified atom stereocenters. The molecule has 5 amide bonds. The number of nitrogens with zero attached hydrogens (tertiary/aromatic N) is 9. The van der Waals surface area contributed by atoms with Crippen LogP contribution in [0.4, 0.5) is 14.7 Å². The second kappa shape index (κ2) is 21.8. The standard InChI is InChI=1S/C43H60N12O13S2/c1-13-15-17-64-30-20-27(44-21-31(30)65-18-16-14-2)33-49-55(40(61)53(33)22-26-19-25(3)52(12)48-26)70(62,63)51-38(59)54-23-28(35(54)57)45-34(56)32(50-68-43(10,11)36(58)66-41(4,5)6)29-24-69-37(46-29)47-39(60)67-42(7,8)9/h19-21,24,28H,13-18,22-23H2,1-12H3,(H,45,56)(H,51,59)(H,46,47,60)/b50-32-/t28-/m0/s1. The highest BCUT2D eigenvalue weighted by molar-refractivity contribution is 7.88. The molecule has 3 N–H and O–H groups in total. The molecule has 0 bridgehead atoms. The van der Waals surface area contributed by atoms with Gasteiger partial charge >= 0.3 is 34.0 Å². The molecular weight excluding hydrogens is 957 g/mol. The maximum absolute atomic E-state index is 14.0. The topological polar surface area (TPSA) is 301 Å². The van der Waals surface area contributed by atoms with Crippen LogP contribution in [0.3, 0.4) is 0 Å². The summed E-state index contributed by atoms with van der Waals surface area (Å²) in [4.78, 5) is 94.7. The molecule has 382 valence electrons. The zero-order valence-electron chi connectivity index (χ0n) is 41.2. The summed E-state index contributed by atoms with van der Waals surface area (Å²) in [5.41, 5.74) is -4.24. The summed E-state index contributed by atoms with van der Waals surface area (Å²) in [5, 5.41) is 18.6. The number of rotatable bonds is 20. The summed E-state index contributed by atoms with van der Waals surface area (Å²) < 4.78 is 54.6. The maximum atomic E-state index is 14.0. The third-order valence-electron chi connectivity index (χ3n) is 9.64. The number of nitrogens with one attached hydrogen (secondary N) is 3. The van der Waals surface area contributed by atoms with E-state index in [0.29, 0.717) is 29.6 Å². The van der Waals surface area contributed by atoms with Gasteiger partial charge in [0, 0.05) is 24.2 Å². The third kappa shape index (κ3) is 13.9. The number of carbonyl (C=O) groups excluding carboxylic acids is 5. The van der Waals surface area contributed by atoms with Crippen LogP contribution < -0.4 is 30.5 Å². The molecule has 70 heavy (non-hydrogen) atoms. The number of ether oxygens (including phenoxy) is 4. The number of anilines is 1. The average Bonchev–Trinajstić information content (AvgIpc) is 3.94. The number of urea groups is 1. The number of hydrogen-bond donors (Lipinski definition) is 3. The molecule has 0 radical (unpaired) electrons. The summed E-state index contributed by atoms with van der Waals surface area (Å²) in [6.45, 7) is 18.3. The monoisotopic (exact) mass is 1020 g/mol. The Balaban J connectivity index is 1.38. The second-order valence-corrected chi connectivity index (χ2v) is 20.8. The molecule has 1 aliphatic heterocycles. The minimum absolute atomic E-state index is 0.00873. The van der Waals surface area contributed by atoms with Crippen molar-refractivity contribution in [1.82, 2.24) is 48.4 Å². The van der Waals surface area contributed by atoms with E-state index in [1.54, 1.807) is 71.0 Å². The van der Waals surface area contributed by atoms with E-state index in [-0.39, 0.29) is 38.7 Å². The Morgan fingerprint density at radius 2 is 1.56 bits per heavy atom. The third-order valence-corrected chi connectivity index (χ3v) is 11.5. The molecule has 0 aliphatic carbocycles. The Labute approximate surface area is 408 Å². The summed E-state index contributed by atoms with van der Waals surface area (Å²) in [6.07, 6.45) is 3.75. The predicted octanol–water partition coefficient (Wildman–Crippen LogP) is 4.03. The molecule has 5 rings (SSSR count). The molecule has 4 aromatic heterocycles. The molecule has 1 fully saturated rings. The highest BCUT2D eigenvalue weighted by Gasteiger charge is 2.44. The van der Waals surface area contributed by atoms with Crippen LogP contribution in [0.1, 0.15) is 112 Å². The van der Waals surface area contributed by atoms with Gasteiger partial charge in [-0.3, -0.25) is 29.1 Å². The van der Waals surface area contributed by atoms with Crippen molar-refractivity contribution in [3.63, 3.8) is 0 Å². The van der Waals surface area contributed by atoms with E-state index in [4.69, 9.17) is 23.8 Å². The number of oxime groups is 1. The molecule has 0 spiro atoms. The fourth-order valence-corrected chi connectivity index (χ4v) is 7.53. The Morgan fingerprint density at radius 3 is 2.14 bits per heavy atom. The fraction of sp³-hybridized carbons (Fsp3) is 0.558. The first-order chi connectivity index (χ1) is 32.6. The van der Waals surface area contributed by atoms with Crippen LogP contribution in [0.15, 0.2) is 33.7 Å². The number of thiazole rings is 1. The number of imide groups is 1. The van der Waals surface area contributed by atoms with Gasteiger partial charge < -0.3 is 29.1 Å². The molecule has 1 atom stereocenters. The first-order valence-electron chi connectivity index (χ1n) is 22.2. The van der Waals surface area contributed by atoms with E-state index in [2.05, 4.69) is 36.0 Å². The number of esters is 1. The van der Waals surface area contributed by atoms with Gasteiger partial charge in [0.25, 0.3) is 11.8 Å². The molecule has 25 nitrogen and oxygen atoms in total. The van der Waals surface area contributed by atoms with E-state index in [9.17, 15) is 37.2 Å². The quantitative estimate of drug-likeness (QED) is 0.0370. The molecule has 1 saturated heterocycles. The van der Waals surface area contributed by atoms with Gasteiger partial charge in [-0.05, 0) is 81.2 Å². The smallest absolute Gasteiger partial charge is 0.413 e. The normalized spacial score (nSPS) is 14.4. The number of carbonyl (C=O) groups is 5. The zero-order valence-corrected chi connectivity index (χ0v) is 42.8. The maximum Gasteiger partial charge on any atom is 0.413 e. The average molecular weight is 1020 g/mol. The number of aromatic nitrogens is 7. The summed E-state index contributed by atoms with van der Waals surface area (Å²) in [7, 11) is -3.48. The van der Waals surface area contributed by atoms with Crippen LogP contribution in [0, 0.1) is 6.92 Å². The Kier molecular flexibility index (Phi) is 16.8. The van der Waals surface area contributed by atoms with E-state index < -0.39 is 80.9 Å². The molecule has 4 aromatic rings.